The molecule has 3 fully saturated rings. The Morgan fingerprint density at radius 3 is 2.42 bits per heavy atom. The average molecular weight is 423 g/mol. The zero-order valence-corrected chi connectivity index (χ0v) is 16.8. The van der Waals surface area contributed by atoms with Crippen LogP contribution < -0.4 is 5.32 Å². The van der Waals surface area contributed by atoms with Crippen LogP contribution in [0.5, 0.6) is 0 Å². The minimum absolute atomic E-state index is 0.0389. The molecule has 0 aliphatic heterocycles. The van der Waals surface area contributed by atoms with Crippen molar-refractivity contribution in [3.05, 3.63) is 34.5 Å². The van der Waals surface area contributed by atoms with Crippen LogP contribution in [-0.4, -0.2) is 21.7 Å². The quantitative estimate of drug-likeness (QED) is 0.675. The van der Waals surface area contributed by atoms with E-state index in [1.54, 1.807) is 0 Å². The van der Waals surface area contributed by atoms with Crippen LogP contribution in [0.25, 0.3) is 0 Å². The summed E-state index contributed by atoms with van der Waals surface area (Å²) in [6.45, 7) is 3.84. The molecule has 0 unspecified atom stereocenters. The van der Waals surface area contributed by atoms with E-state index >= 15 is 0 Å². The average Bonchev–Trinajstić information content (AvgIpc) is 3.13. The highest BCUT2D eigenvalue weighted by molar-refractivity contribution is 9.10. The number of fused-ring (bicyclic) bond motifs is 3. The number of nitrogens with zero attached hydrogens (tertiary/aromatic N) is 3. The monoisotopic (exact) mass is 422 g/mol. The fourth-order valence-corrected chi connectivity index (χ4v) is 4.67. The molecule has 0 saturated heterocycles. The molecule has 5 rings (SSSR count). The summed E-state index contributed by atoms with van der Waals surface area (Å²) in [6, 6.07) is 5.91. The Labute approximate surface area is 161 Å². The minimum atomic E-state index is -1.59. The van der Waals surface area contributed by atoms with E-state index in [1.807, 2.05) is 18.2 Å². The molecule has 2 bridgehead atoms. The first kappa shape index (κ1) is 17.9. The van der Waals surface area contributed by atoms with Gasteiger partial charge >= 0.3 is 0 Å². The van der Waals surface area contributed by atoms with E-state index in [0.29, 0.717) is 11.2 Å². The van der Waals surface area contributed by atoms with Gasteiger partial charge in [0, 0.05) is 12.0 Å². The van der Waals surface area contributed by atoms with E-state index in [2.05, 4.69) is 36.4 Å². The smallest absolute Gasteiger partial charge is 0.263 e. The molecule has 7 heteroatoms. The second-order valence-corrected chi connectivity index (χ2v) is 9.19. The maximum absolute atomic E-state index is 14.1. The number of rotatable bonds is 5. The van der Waals surface area contributed by atoms with E-state index in [-0.39, 0.29) is 11.3 Å². The molecule has 0 radical (unpaired) electrons. The van der Waals surface area contributed by atoms with Gasteiger partial charge in [-0.15, -0.1) is 0 Å². The van der Waals surface area contributed by atoms with Gasteiger partial charge in [-0.1, -0.05) is 11.2 Å². The summed E-state index contributed by atoms with van der Waals surface area (Å²) >= 11 is 3.41. The lowest BCUT2D eigenvalue weighted by atomic mass is 9.53. The number of anilines is 1. The van der Waals surface area contributed by atoms with Crippen LogP contribution in [0.15, 0.2) is 27.3 Å². The summed E-state index contributed by atoms with van der Waals surface area (Å²) in [5.74, 6) is 1.70. The predicted molar refractivity (Wildman–Crippen MR) is 101 cm³/mol. The van der Waals surface area contributed by atoms with Crippen molar-refractivity contribution in [2.45, 2.75) is 63.5 Å². The normalized spacial score (nSPS) is 28.3. The topological polar surface area (TPSA) is 63.8 Å². The van der Waals surface area contributed by atoms with Gasteiger partial charge in [0.25, 0.3) is 5.89 Å². The Hall–Kier alpha value is -1.50. The number of aromatic nitrogens is 3. The Morgan fingerprint density at radius 2 is 1.85 bits per heavy atom. The fourth-order valence-electron chi connectivity index (χ4n) is 4.33. The second kappa shape index (κ2) is 6.29. The highest BCUT2D eigenvalue weighted by Gasteiger charge is 2.51. The SMILES string of the molecule is CC(C)(F)c1nc(C23CCC(CNc4cccc(Br)n4)(CC2)CC3)no1. The van der Waals surface area contributed by atoms with Gasteiger partial charge in [0.2, 0.25) is 0 Å². The van der Waals surface area contributed by atoms with Crippen molar-refractivity contribution >= 4 is 21.7 Å². The largest absolute Gasteiger partial charge is 0.369 e. The zero-order chi connectivity index (χ0) is 18.4. The highest BCUT2D eigenvalue weighted by Crippen LogP contribution is 2.57. The third kappa shape index (κ3) is 3.26. The van der Waals surface area contributed by atoms with E-state index in [0.717, 1.165) is 55.5 Å². The second-order valence-electron chi connectivity index (χ2n) is 8.38. The molecule has 2 aromatic rings. The third-order valence-electron chi connectivity index (χ3n) is 6.17. The molecule has 0 aromatic carbocycles. The first-order valence-electron chi connectivity index (χ1n) is 9.21. The van der Waals surface area contributed by atoms with Crippen molar-refractivity contribution in [1.29, 1.82) is 0 Å². The van der Waals surface area contributed by atoms with Crippen LogP contribution in [0.2, 0.25) is 0 Å². The van der Waals surface area contributed by atoms with E-state index in [4.69, 9.17) is 4.52 Å². The van der Waals surface area contributed by atoms with Crippen LogP contribution in [-0.2, 0) is 11.1 Å². The maximum atomic E-state index is 14.1. The molecule has 3 aliphatic carbocycles. The molecule has 0 atom stereocenters. The van der Waals surface area contributed by atoms with Crippen LogP contribution in [0.4, 0.5) is 10.2 Å². The Kier molecular flexibility index (Phi) is 4.33. The van der Waals surface area contributed by atoms with Gasteiger partial charge in [-0.05, 0) is 85.9 Å². The zero-order valence-electron chi connectivity index (χ0n) is 15.2. The predicted octanol–water partition coefficient (Wildman–Crippen LogP) is 5.14. The van der Waals surface area contributed by atoms with Gasteiger partial charge in [-0.3, -0.25) is 0 Å². The molecule has 2 aromatic heterocycles. The van der Waals surface area contributed by atoms with Gasteiger partial charge in [-0.25, -0.2) is 9.37 Å². The number of pyridine rings is 1. The van der Waals surface area contributed by atoms with Gasteiger partial charge < -0.3 is 9.84 Å². The lowest BCUT2D eigenvalue weighted by molar-refractivity contribution is 0.0444. The molecule has 26 heavy (non-hydrogen) atoms. The van der Waals surface area contributed by atoms with Crippen molar-refractivity contribution < 1.29 is 8.91 Å². The van der Waals surface area contributed by atoms with Crippen LogP contribution >= 0.6 is 15.9 Å². The van der Waals surface area contributed by atoms with E-state index in [1.165, 1.54) is 13.8 Å². The minimum Gasteiger partial charge on any atom is -0.369 e. The number of alkyl halides is 1. The standard InChI is InChI=1S/C19H24BrFN4O/c1-17(2,21)16-24-15(25-26-16)19-9-6-18(7-10-19,8-11-19)12-22-14-5-3-4-13(20)23-14/h3-5H,6-12H2,1-2H3,(H,22,23). The lowest BCUT2D eigenvalue weighted by Crippen LogP contribution is -2.47. The first-order valence-corrected chi connectivity index (χ1v) is 10.00. The highest BCUT2D eigenvalue weighted by atomic mass is 79.9. The molecule has 0 spiro atoms. The molecule has 1 N–H and O–H groups in total. The lowest BCUT2D eigenvalue weighted by Gasteiger charge is -2.52. The summed E-state index contributed by atoms with van der Waals surface area (Å²) in [4.78, 5) is 8.88. The van der Waals surface area contributed by atoms with Crippen molar-refractivity contribution in [1.82, 2.24) is 15.1 Å². The maximum Gasteiger partial charge on any atom is 0.263 e. The molecule has 0 amide bonds. The number of hydrogen-bond acceptors (Lipinski definition) is 5. The number of nitrogens with one attached hydrogen (secondary N) is 1. The molecular formula is C19H24BrFN4O. The van der Waals surface area contributed by atoms with E-state index < -0.39 is 5.67 Å². The Bertz CT molecular complexity index is 776. The van der Waals surface area contributed by atoms with Crippen LogP contribution in [0.1, 0.15) is 64.1 Å². The van der Waals surface area contributed by atoms with Gasteiger partial charge in [0.05, 0.1) is 0 Å². The summed E-state index contributed by atoms with van der Waals surface area (Å²) in [5.41, 5.74) is -1.32. The first-order chi connectivity index (χ1) is 12.3. The van der Waals surface area contributed by atoms with Crippen LogP contribution in [0, 0.1) is 5.41 Å². The summed E-state index contributed by atoms with van der Waals surface area (Å²) < 4.78 is 20.1. The van der Waals surface area contributed by atoms with Crippen molar-refractivity contribution in [2.24, 2.45) is 5.41 Å². The van der Waals surface area contributed by atoms with Crippen molar-refractivity contribution in [3.8, 4) is 0 Å². The molecule has 3 aliphatic rings. The Balaban J connectivity index is 1.44. The van der Waals surface area contributed by atoms with Crippen LogP contribution in [0.3, 0.4) is 0 Å². The molecule has 2 heterocycles. The molecule has 3 saturated carbocycles. The summed E-state index contributed by atoms with van der Waals surface area (Å²) in [5, 5.41) is 7.65. The van der Waals surface area contributed by atoms with Gasteiger partial charge in [0.1, 0.15) is 10.4 Å². The van der Waals surface area contributed by atoms with E-state index in [9.17, 15) is 4.39 Å². The van der Waals surface area contributed by atoms with Gasteiger partial charge in [-0.2, -0.15) is 4.98 Å². The molecule has 140 valence electrons. The van der Waals surface area contributed by atoms with Crippen molar-refractivity contribution in [3.63, 3.8) is 0 Å². The van der Waals surface area contributed by atoms with Gasteiger partial charge in [0.15, 0.2) is 11.5 Å². The summed E-state index contributed by atoms with van der Waals surface area (Å²) in [6.07, 6.45) is 6.47. The number of hydrogen-bond donors (Lipinski definition) is 1. The fraction of sp³-hybridized carbons (Fsp3) is 0.632. The Morgan fingerprint density at radius 1 is 1.15 bits per heavy atom. The third-order valence-corrected chi connectivity index (χ3v) is 6.61. The summed E-state index contributed by atoms with van der Waals surface area (Å²) in [7, 11) is 0. The molecular weight excluding hydrogens is 399 g/mol. The molecule has 5 nitrogen and oxygen atoms in total. The van der Waals surface area contributed by atoms with Crippen molar-refractivity contribution in [2.75, 3.05) is 11.9 Å². The number of halogens is 2.